The fourth-order valence-corrected chi connectivity index (χ4v) is 5.27. The molecule has 2 aliphatic heterocycles. The van der Waals surface area contributed by atoms with E-state index < -0.39 is 5.60 Å². The summed E-state index contributed by atoms with van der Waals surface area (Å²) in [4.78, 5) is 15.1. The van der Waals surface area contributed by atoms with E-state index in [4.69, 9.17) is 9.47 Å². The number of ketones is 1. The Kier molecular flexibility index (Phi) is 6.66. The second-order valence-electron chi connectivity index (χ2n) is 9.21. The van der Waals surface area contributed by atoms with Crippen LogP contribution in [0.5, 0.6) is 11.5 Å². The number of nitrogens with zero attached hydrogens (tertiary/aromatic N) is 1. The lowest BCUT2D eigenvalue weighted by molar-refractivity contribution is -0.0142. The van der Waals surface area contributed by atoms with Crippen LogP contribution in [-0.4, -0.2) is 42.2 Å². The number of carbonyl (C=O) groups excluding carboxylic acids is 1. The van der Waals surface area contributed by atoms with Crippen molar-refractivity contribution in [1.82, 2.24) is 4.90 Å². The Bertz CT molecular complexity index is 1070. The fraction of sp³-hybridized carbons (Fsp3) is 0.345. The molecule has 1 N–H and O–H groups in total. The molecule has 5 heteroatoms. The number of rotatable bonds is 8. The van der Waals surface area contributed by atoms with Crippen molar-refractivity contribution in [2.24, 2.45) is 5.92 Å². The first-order valence-electron chi connectivity index (χ1n) is 12.1. The molecule has 2 heterocycles. The van der Waals surface area contributed by atoms with E-state index in [-0.39, 0.29) is 18.5 Å². The number of fused-ring (bicyclic) bond motifs is 1. The number of aliphatic hydroxyl groups is 1. The third kappa shape index (κ3) is 4.59. The predicted octanol–water partition coefficient (Wildman–Crippen LogP) is 5.03. The lowest BCUT2D eigenvalue weighted by atomic mass is 9.72. The van der Waals surface area contributed by atoms with Gasteiger partial charge < -0.3 is 19.5 Å². The molecule has 0 spiro atoms. The molecule has 3 aromatic carbocycles. The van der Waals surface area contributed by atoms with Crippen molar-refractivity contribution in [3.63, 3.8) is 0 Å². The zero-order chi connectivity index (χ0) is 23.4. The predicted molar refractivity (Wildman–Crippen MR) is 131 cm³/mol. The largest absolute Gasteiger partial charge is 0.454 e. The number of Topliss-reactive ketones (excluding diaryl/α,β-unsaturated/α-hetero) is 1. The maximum absolute atomic E-state index is 12.6. The summed E-state index contributed by atoms with van der Waals surface area (Å²) in [7, 11) is 0. The average molecular weight is 458 g/mol. The quantitative estimate of drug-likeness (QED) is 0.481. The zero-order valence-corrected chi connectivity index (χ0v) is 19.4. The highest BCUT2D eigenvalue weighted by Gasteiger charge is 2.41. The molecule has 0 bridgehead atoms. The Balaban J connectivity index is 1.17. The van der Waals surface area contributed by atoms with E-state index in [9.17, 15) is 9.90 Å². The summed E-state index contributed by atoms with van der Waals surface area (Å²) in [5, 5.41) is 12.0. The summed E-state index contributed by atoms with van der Waals surface area (Å²) in [6.45, 7) is 2.94. The molecule has 0 atom stereocenters. The molecule has 0 unspecified atom stereocenters. The lowest BCUT2D eigenvalue weighted by Gasteiger charge is -2.42. The normalized spacial score (nSPS) is 16.5. The van der Waals surface area contributed by atoms with Crippen LogP contribution >= 0.6 is 0 Å². The van der Waals surface area contributed by atoms with Gasteiger partial charge in [-0.3, -0.25) is 4.79 Å². The van der Waals surface area contributed by atoms with Crippen LogP contribution < -0.4 is 9.47 Å². The van der Waals surface area contributed by atoms with E-state index in [1.807, 2.05) is 66.7 Å². The van der Waals surface area contributed by atoms with Crippen LogP contribution in [0.3, 0.4) is 0 Å². The molecule has 176 valence electrons. The van der Waals surface area contributed by atoms with E-state index >= 15 is 0 Å². The van der Waals surface area contributed by atoms with Crippen molar-refractivity contribution in [3.05, 3.63) is 95.6 Å². The van der Waals surface area contributed by atoms with Crippen molar-refractivity contribution in [3.8, 4) is 11.5 Å². The summed E-state index contributed by atoms with van der Waals surface area (Å²) < 4.78 is 10.7. The van der Waals surface area contributed by atoms with Gasteiger partial charge >= 0.3 is 0 Å². The Morgan fingerprint density at radius 2 is 1.50 bits per heavy atom. The molecular formula is C29H31NO4. The number of hydrogen-bond acceptors (Lipinski definition) is 5. The first-order valence-corrected chi connectivity index (χ1v) is 12.1. The lowest BCUT2D eigenvalue weighted by Crippen LogP contribution is -2.44. The second-order valence-corrected chi connectivity index (χ2v) is 9.21. The molecule has 1 fully saturated rings. The molecule has 2 aliphatic rings. The number of carbonyl (C=O) groups is 1. The topological polar surface area (TPSA) is 59.0 Å². The third-order valence-corrected chi connectivity index (χ3v) is 7.18. The van der Waals surface area contributed by atoms with Crippen LogP contribution in [-0.2, 0) is 5.60 Å². The fourth-order valence-electron chi connectivity index (χ4n) is 5.27. The van der Waals surface area contributed by atoms with Gasteiger partial charge in [-0.25, -0.2) is 0 Å². The number of likely N-dealkylation sites (tertiary alicyclic amines) is 1. The van der Waals surface area contributed by atoms with E-state index in [0.29, 0.717) is 23.5 Å². The molecule has 0 aromatic heterocycles. The SMILES string of the molecule is O=C(CCCN1CCC(C(O)(c2ccccc2)c2ccccc2)CC1)c1ccc2c(c1)OCO2. The molecule has 0 saturated carbocycles. The van der Waals surface area contributed by atoms with Crippen LogP contribution in [0, 0.1) is 5.92 Å². The average Bonchev–Trinajstić information content (AvgIpc) is 3.38. The Hall–Kier alpha value is -3.15. The number of piperidine rings is 1. The summed E-state index contributed by atoms with van der Waals surface area (Å²) in [6.07, 6.45) is 3.16. The highest BCUT2D eigenvalue weighted by Crippen LogP contribution is 2.42. The number of ether oxygens (including phenoxy) is 2. The first kappa shape index (κ1) is 22.6. The van der Waals surface area contributed by atoms with Crippen molar-refractivity contribution in [2.45, 2.75) is 31.3 Å². The third-order valence-electron chi connectivity index (χ3n) is 7.18. The highest BCUT2D eigenvalue weighted by molar-refractivity contribution is 5.96. The van der Waals surface area contributed by atoms with Crippen LogP contribution in [0.25, 0.3) is 0 Å². The van der Waals surface area contributed by atoms with Gasteiger partial charge in [0, 0.05) is 12.0 Å². The Morgan fingerprint density at radius 3 is 2.15 bits per heavy atom. The molecule has 5 nitrogen and oxygen atoms in total. The first-order chi connectivity index (χ1) is 16.6. The van der Waals surface area contributed by atoms with E-state index in [1.165, 1.54) is 0 Å². The summed E-state index contributed by atoms with van der Waals surface area (Å²) in [5.74, 6) is 1.63. The summed E-state index contributed by atoms with van der Waals surface area (Å²) in [6, 6.07) is 25.5. The smallest absolute Gasteiger partial charge is 0.231 e. The second kappa shape index (κ2) is 10.00. The van der Waals surface area contributed by atoms with Crippen LogP contribution in [0.15, 0.2) is 78.9 Å². The van der Waals surface area contributed by atoms with E-state index in [1.54, 1.807) is 12.1 Å². The van der Waals surface area contributed by atoms with Crippen molar-refractivity contribution >= 4 is 5.78 Å². The number of hydrogen-bond donors (Lipinski definition) is 1. The molecule has 0 aliphatic carbocycles. The monoisotopic (exact) mass is 457 g/mol. The molecular weight excluding hydrogens is 426 g/mol. The van der Waals surface area contributed by atoms with E-state index in [0.717, 1.165) is 50.0 Å². The van der Waals surface area contributed by atoms with Crippen LogP contribution in [0.1, 0.15) is 47.2 Å². The molecule has 3 aromatic rings. The van der Waals surface area contributed by atoms with Gasteiger partial charge in [0.25, 0.3) is 0 Å². The molecule has 0 radical (unpaired) electrons. The van der Waals surface area contributed by atoms with Gasteiger partial charge in [0.15, 0.2) is 17.3 Å². The minimum absolute atomic E-state index is 0.135. The van der Waals surface area contributed by atoms with Gasteiger partial charge in [0.05, 0.1) is 0 Å². The molecule has 1 saturated heterocycles. The molecule has 5 rings (SSSR count). The summed E-state index contributed by atoms with van der Waals surface area (Å²) >= 11 is 0. The minimum atomic E-state index is -0.996. The van der Waals surface area contributed by atoms with Crippen molar-refractivity contribution in [1.29, 1.82) is 0 Å². The van der Waals surface area contributed by atoms with Gasteiger partial charge in [-0.15, -0.1) is 0 Å². The molecule has 34 heavy (non-hydrogen) atoms. The van der Waals surface area contributed by atoms with Crippen molar-refractivity contribution < 1.29 is 19.4 Å². The maximum atomic E-state index is 12.6. The molecule has 0 amide bonds. The van der Waals surface area contributed by atoms with Crippen LogP contribution in [0.4, 0.5) is 0 Å². The Morgan fingerprint density at radius 1 is 0.882 bits per heavy atom. The number of benzene rings is 3. The van der Waals surface area contributed by atoms with Gasteiger partial charge in [-0.1, -0.05) is 60.7 Å². The van der Waals surface area contributed by atoms with Gasteiger partial charge in [-0.2, -0.15) is 0 Å². The standard InChI is InChI=1S/C29H31NO4/c31-26(22-13-14-27-28(20-22)34-21-33-27)12-7-17-30-18-15-25(16-19-30)29(32,23-8-3-1-4-9-23)24-10-5-2-6-11-24/h1-6,8-11,13-14,20,25,32H,7,12,15-19,21H2. The summed E-state index contributed by atoms with van der Waals surface area (Å²) in [5.41, 5.74) is 1.59. The maximum Gasteiger partial charge on any atom is 0.231 e. The van der Waals surface area contributed by atoms with Crippen LogP contribution in [0.2, 0.25) is 0 Å². The van der Waals surface area contributed by atoms with Gasteiger partial charge in [-0.05, 0) is 74.1 Å². The van der Waals surface area contributed by atoms with Gasteiger partial charge in [0.2, 0.25) is 6.79 Å². The van der Waals surface area contributed by atoms with Gasteiger partial charge in [0.1, 0.15) is 5.60 Å². The highest BCUT2D eigenvalue weighted by atomic mass is 16.7. The van der Waals surface area contributed by atoms with Crippen molar-refractivity contribution in [2.75, 3.05) is 26.4 Å². The zero-order valence-electron chi connectivity index (χ0n) is 19.4. The van der Waals surface area contributed by atoms with E-state index in [2.05, 4.69) is 4.90 Å². The minimum Gasteiger partial charge on any atom is -0.454 e. The Labute approximate surface area is 200 Å².